The largest absolute Gasteiger partial charge is 0.497 e. The molecule has 0 bridgehead atoms. The third-order valence-electron chi connectivity index (χ3n) is 3.01. The van der Waals surface area contributed by atoms with Gasteiger partial charge >= 0.3 is 11.9 Å². The van der Waals surface area contributed by atoms with Gasteiger partial charge in [0.05, 0.1) is 21.3 Å². The fraction of sp³-hybridized carbons (Fsp3) is 0.400. The monoisotopic (exact) mass is 309 g/mol. The molecule has 0 aliphatic carbocycles. The summed E-state index contributed by atoms with van der Waals surface area (Å²) < 4.78 is 14.1. The first-order chi connectivity index (χ1) is 10.5. The second-order valence-electron chi connectivity index (χ2n) is 4.39. The lowest BCUT2D eigenvalue weighted by Crippen LogP contribution is -2.41. The number of benzene rings is 1. The minimum Gasteiger partial charge on any atom is -0.497 e. The molecule has 120 valence electrons. The molecule has 0 radical (unpaired) electrons. The van der Waals surface area contributed by atoms with Gasteiger partial charge in [0.25, 0.3) is 5.91 Å². The zero-order valence-corrected chi connectivity index (χ0v) is 12.8. The molecule has 1 aromatic carbocycles. The number of methoxy groups -OCH3 is 3. The number of hydrogen-bond donors (Lipinski definition) is 1. The summed E-state index contributed by atoms with van der Waals surface area (Å²) in [4.78, 5) is 34.9. The zero-order chi connectivity index (χ0) is 16.5. The van der Waals surface area contributed by atoms with E-state index in [1.807, 2.05) is 0 Å². The number of hydrogen-bond acceptors (Lipinski definition) is 6. The van der Waals surface area contributed by atoms with Crippen molar-refractivity contribution in [1.29, 1.82) is 0 Å². The molecular weight excluding hydrogens is 290 g/mol. The minimum atomic E-state index is -0.918. The smallest absolute Gasteiger partial charge is 0.328 e. The van der Waals surface area contributed by atoms with Crippen LogP contribution in [0.15, 0.2) is 24.3 Å². The second kappa shape index (κ2) is 8.66. The number of esters is 2. The van der Waals surface area contributed by atoms with Gasteiger partial charge in [0.15, 0.2) is 0 Å². The highest BCUT2D eigenvalue weighted by atomic mass is 16.5. The molecule has 0 aliphatic heterocycles. The Morgan fingerprint density at radius 3 is 2.18 bits per heavy atom. The maximum Gasteiger partial charge on any atom is 0.328 e. The van der Waals surface area contributed by atoms with Crippen molar-refractivity contribution < 1.29 is 28.6 Å². The second-order valence-corrected chi connectivity index (χ2v) is 4.39. The van der Waals surface area contributed by atoms with Gasteiger partial charge in [-0.1, -0.05) is 0 Å². The lowest BCUT2D eigenvalue weighted by molar-refractivity contribution is -0.144. The highest BCUT2D eigenvalue weighted by Crippen LogP contribution is 2.12. The summed E-state index contributed by atoms with van der Waals surface area (Å²) in [5.41, 5.74) is 0.368. The molecule has 0 fully saturated rings. The topological polar surface area (TPSA) is 90.9 Å². The molecule has 7 nitrogen and oxygen atoms in total. The molecule has 1 N–H and O–H groups in total. The Bertz CT molecular complexity index is 525. The predicted octanol–water partition coefficient (Wildman–Crippen LogP) is 0.920. The van der Waals surface area contributed by atoms with Crippen LogP contribution < -0.4 is 10.1 Å². The summed E-state index contributed by atoms with van der Waals surface area (Å²) in [5.74, 6) is -0.909. The van der Waals surface area contributed by atoms with Crippen molar-refractivity contribution in [2.45, 2.75) is 18.9 Å². The SMILES string of the molecule is COC(=O)CCC(NC(=O)c1ccc(OC)cc1)C(=O)OC. The van der Waals surface area contributed by atoms with Gasteiger partial charge in [0, 0.05) is 12.0 Å². The predicted molar refractivity (Wildman–Crippen MR) is 77.5 cm³/mol. The van der Waals surface area contributed by atoms with Crippen molar-refractivity contribution in [2.75, 3.05) is 21.3 Å². The van der Waals surface area contributed by atoms with Crippen molar-refractivity contribution in [3.63, 3.8) is 0 Å². The molecule has 0 spiro atoms. The number of carbonyl (C=O) groups is 3. The van der Waals surface area contributed by atoms with Crippen LogP contribution in [0.25, 0.3) is 0 Å². The van der Waals surface area contributed by atoms with Crippen molar-refractivity contribution in [1.82, 2.24) is 5.32 Å². The third kappa shape index (κ3) is 5.08. The maximum absolute atomic E-state index is 12.1. The van der Waals surface area contributed by atoms with E-state index in [9.17, 15) is 14.4 Å². The number of carbonyl (C=O) groups excluding carboxylic acids is 3. The molecule has 1 aromatic rings. The van der Waals surface area contributed by atoms with Gasteiger partial charge in [0.2, 0.25) is 0 Å². The van der Waals surface area contributed by atoms with Crippen molar-refractivity contribution in [3.05, 3.63) is 29.8 Å². The number of ether oxygens (including phenoxy) is 3. The van der Waals surface area contributed by atoms with E-state index >= 15 is 0 Å². The zero-order valence-electron chi connectivity index (χ0n) is 12.8. The van der Waals surface area contributed by atoms with Crippen LogP contribution in [0.5, 0.6) is 5.75 Å². The molecule has 0 aromatic heterocycles. The molecule has 0 saturated carbocycles. The van der Waals surface area contributed by atoms with E-state index in [1.54, 1.807) is 24.3 Å². The summed E-state index contributed by atoms with van der Waals surface area (Å²) in [6.45, 7) is 0. The van der Waals surface area contributed by atoms with E-state index < -0.39 is 23.9 Å². The van der Waals surface area contributed by atoms with Crippen LogP contribution in [-0.4, -0.2) is 45.2 Å². The number of nitrogens with one attached hydrogen (secondary N) is 1. The molecule has 0 saturated heterocycles. The maximum atomic E-state index is 12.1. The van der Waals surface area contributed by atoms with Crippen molar-refractivity contribution >= 4 is 17.8 Å². The molecule has 22 heavy (non-hydrogen) atoms. The Morgan fingerprint density at radius 1 is 1.05 bits per heavy atom. The molecule has 0 aliphatic rings. The van der Waals surface area contributed by atoms with Crippen LogP contribution in [0.1, 0.15) is 23.2 Å². The average molecular weight is 309 g/mol. The Labute approximate surface area is 128 Å². The van der Waals surface area contributed by atoms with Crippen LogP contribution in [0.3, 0.4) is 0 Å². The number of rotatable bonds is 7. The highest BCUT2D eigenvalue weighted by Gasteiger charge is 2.23. The van der Waals surface area contributed by atoms with Crippen molar-refractivity contribution in [2.24, 2.45) is 0 Å². The van der Waals surface area contributed by atoms with Gasteiger partial charge in [-0.3, -0.25) is 9.59 Å². The van der Waals surface area contributed by atoms with Crippen LogP contribution >= 0.6 is 0 Å². The summed E-state index contributed by atoms with van der Waals surface area (Å²) in [6, 6.07) is 5.50. The Kier molecular flexibility index (Phi) is 6.88. The van der Waals surface area contributed by atoms with Crippen LogP contribution in [0.4, 0.5) is 0 Å². The fourth-order valence-electron chi connectivity index (χ4n) is 1.74. The molecule has 1 rings (SSSR count). The normalized spacial score (nSPS) is 11.2. The lowest BCUT2D eigenvalue weighted by atomic mass is 10.1. The van der Waals surface area contributed by atoms with Gasteiger partial charge in [-0.25, -0.2) is 4.79 Å². The van der Waals surface area contributed by atoms with Gasteiger partial charge in [0.1, 0.15) is 11.8 Å². The van der Waals surface area contributed by atoms with E-state index in [4.69, 9.17) is 4.74 Å². The van der Waals surface area contributed by atoms with E-state index in [-0.39, 0.29) is 12.8 Å². The van der Waals surface area contributed by atoms with E-state index in [0.29, 0.717) is 11.3 Å². The van der Waals surface area contributed by atoms with Crippen molar-refractivity contribution in [3.8, 4) is 5.75 Å². The summed E-state index contributed by atoms with van der Waals surface area (Å²) in [5, 5.41) is 2.54. The molecule has 1 unspecified atom stereocenters. The Morgan fingerprint density at radius 2 is 1.68 bits per heavy atom. The van der Waals surface area contributed by atoms with Gasteiger partial charge < -0.3 is 19.5 Å². The molecule has 7 heteroatoms. The van der Waals surface area contributed by atoms with Crippen LogP contribution in [0, 0.1) is 0 Å². The summed E-state index contributed by atoms with van der Waals surface area (Å²) in [6.07, 6.45) is 0.0976. The molecule has 1 amide bonds. The molecule has 0 heterocycles. The Balaban J connectivity index is 2.72. The highest BCUT2D eigenvalue weighted by molar-refractivity contribution is 5.96. The van der Waals surface area contributed by atoms with E-state index in [1.165, 1.54) is 21.3 Å². The molecular formula is C15H19NO6. The van der Waals surface area contributed by atoms with Gasteiger partial charge in [-0.15, -0.1) is 0 Å². The third-order valence-corrected chi connectivity index (χ3v) is 3.01. The minimum absolute atomic E-state index is 0.000834. The first-order valence-corrected chi connectivity index (χ1v) is 6.61. The summed E-state index contributed by atoms with van der Waals surface area (Å²) >= 11 is 0. The Hall–Kier alpha value is -2.57. The van der Waals surface area contributed by atoms with Crippen LogP contribution in [0.2, 0.25) is 0 Å². The average Bonchev–Trinajstić information content (AvgIpc) is 2.57. The first kappa shape index (κ1) is 17.5. The molecule has 1 atom stereocenters. The quantitative estimate of drug-likeness (QED) is 0.753. The number of amides is 1. The van der Waals surface area contributed by atoms with E-state index in [2.05, 4.69) is 14.8 Å². The fourth-order valence-corrected chi connectivity index (χ4v) is 1.74. The first-order valence-electron chi connectivity index (χ1n) is 6.61. The lowest BCUT2D eigenvalue weighted by Gasteiger charge is -2.16. The van der Waals surface area contributed by atoms with Crippen LogP contribution in [-0.2, 0) is 19.1 Å². The standard InChI is InChI=1S/C15H19NO6/c1-20-11-6-4-10(5-7-11)14(18)16-12(15(19)22-3)8-9-13(17)21-2/h4-7,12H,8-9H2,1-3H3,(H,16,18). The summed E-state index contributed by atoms with van der Waals surface area (Å²) in [7, 11) is 3.99. The van der Waals surface area contributed by atoms with Gasteiger partial charge in [-0.2, -0.15) is 0 Å². The van der Waals surface area contributed by atoms with E-state index in [0.717, 1.165) is 0 Å². The van der Waals surface area contributed by atoms with Gasteiger partial charge in [-0.05, 0) is 30.7 Å².